The van der Waals surface area contributed by atoms with E-state index in [9.17, 15) is 0 Å². The van der Waals surface area contributed by atoms with Crippen LogP contribution in [0.25, 0.3) is 0 Å². The summed E-state index contributed by atoms with van der Waals surface area (Å²) in [5.41, 5.74) is 0. The molecule has 0 spiro atoms. The first kappa shape index (κ1) is 42.1. The van der Waals surface area contributed by atoms with Crippen molar-refractivity contribution in [2.45, 2.75) is 111 Å². The molecule has 0 bridgehead atoms. The minimum Gasteiger partial charge on any atom is -0.491 e. The second kappa shape index (κ2) is 27.7. The van der Waals surface area contributed by atoms with Crippen molar-refractivity contribution in [3.63, 3.8) is 0 Å². The van der Waals surface area contributed by atoms with Gasteiger partial charge in [-0.2, -0.15) is 0 Å². The molecule has 0 aromatic heterocycles. The standard InChI is InChI=1S/3C9H10O2.2C6H12.2C2H6/c3*1-2-4-8(5-3-1)10-6-9-7-11-9;2*1-6-4-2-3-5-6;2*1-2/h3*1-5,9H,6-7H2;2*6H,2-5H2,1H3;2*1-2H3. The Labute approximate surface area is 298 Å². The fourth-order valence-electron chi connectivity index (χ4n) is 4.87. The van der Waals surface area contributed by atoms with Crippen LogP contribution in [0, 0.1) is 11.8 Å². The molecule has 3 heterocycles. The van der Waals surface area contributed by atoms with Crippen LogP contribution in [0.3, 0.4) is 0 Å². The van der Waals surface area contributed by atoms with Crippen LogP contribution in [-0.4, -0.2) is 58.0 Å². The average Bonchev–Trinajstić information content (AvgIpc) is 4.11. The molecular formula is C43H66O6. The van der Waals surface area contributed by atoms with Crippen molar-refractivity contribution in [1.82, 2.24) is 0 Å². The summed E-state index contributed by atoms with van der Waals surface area (Å²) in [6.45, 7) is 17.3. The number of epoxide rings is 3. The predicted octanol–water partition coefficient (Wildman–Crippen LogP) is 10.8. The number of hydrogen-bond acceptors (Lipinski definition) is 6. The van der Waals surface area contributed by atoms with E-state index in [0.717, 1.165) is 48.9 Å². The van der Waals surface area contributed by atoms with E-state index in [-0.39, 0.29) is 0 Å². The van der Waals surface area contributed by atoms with Crippen molar-refractivity contribution < 1.29 is 28.4 Å². The molecule has 5 aliphatic rings. The van der Waals surface area contributed by atoms with E-state index in [0.29, 0.717) is 38.1 Å². The molecule has 6 heteroatoms. The van der Waals surface area contributed by atoms with Gasteiger partial charge in [-0.25, -0.2) is 0 Å². The molecule has 0 N–H and O–H groups in total. The Balaban J connectivity index is 0.000000211. The Kier molecular flexibility index (Phi) is 23.8. The summed E-state index contributed by atoms with van der Waals surface area (Å²) in [4.78, 5) is 0. The molecule has 2 saturated carbocycles. The molecule has 3 saturated heterocycles. The van der Waals surface area contributed by atoms with Crippen molar-refractivity contribution >= 4 is 0 Å². The Hall–Kier alpha value is -3.06. The first-order valence-corrected chi connectivity index (χ1v) is 19.0. The summed E-state index contributed by atoms with van der Waals surface area (Å²) in [6, 6.07) is 29.4. The van der Waals surface area contributed by atoms with Gasteiger partial charge < -0.3 is 28.4 Å². The summed E-state index contributed by atoms with van der Waals surface area (Å²) in [5.74, 6) is 4.85. The second-order valence-corrected chi connectivity index (χ2v) is 12.5. The van der Waals surface area contributed by atoms with E-state index < -0.39 is 0 Å². The Morgan fingerprint density at radius 3 is 0.816 bits per heavy atom. The number of ether oxygens (including phenoxy) is 6. The van der Waals surface area contributed by atoms with Gasteiger partial charge in [0.15, 0.2) is 0 Å². The smallest absolute Gasteiger partial charge is 0.119 e. The van der Waals surface area contributed by atoms with Crippen LogP contribution in [0.1, 0.15) is 92.9 Å². The molecule has 6 nitrogen and oxygen atoms in total. The summed E-state index contributed by atoms with van der Waals surface area (Å²) >= 11 is 0. The van der Waals surface area contributed by atoms with E-state index in [1.54, 1.807) is 0 Å². The van der Waals surface area contributed by atoms with Gasteiger partial charge in [0, 0.05) is 0 Å². The zero-order chi connectivity index (χ0) is 35.4. The number of hydrogen-bond donors (Lipinski definition) is 0. The highest BCUT2D eigenvalue weighted by molar-refractivity contribution is 5.22. The third kappa shape index (κ3) is 23.9. The fourth-order valence-corrected chi connectivity index (χ4v) is 4.87. The second-order valence-electron chi connectivity index (χ2n) is 12.5. The predicted molar refractivity (Wildman–Crippen MR) is 203 cm³/mol. The van der Waals surface area contributed by atoms with Gasteiger partial charge in [-0.15, -0.1) is 0 Å². The molecule has 3 aromatic carbocycles. The number of benzene rings is 3. The topological polar surface area (TPSA) is 65.3 Å². The van der Waals surface area contributed by atoms with E-state index in [2.05, 4.69) is 13.8 Å². The molecule has 3 unspecified atom stereocenters. The van der Waals surface area contributed by atoms with Crippen molar-refractivity contribution in [3.8, 4) is 17.2 Å². The molecule has 5 fully saturated rings. The zero-order valence-electron chi connectivity index (χ0n) is 31.4. The molecule has 3 atom stereocenters. The lowest BCUT2D eigenvalue weighted by Gasteiger charge is -2.01. The van der Waals surface area contributed by atoms with Gasteiger partial charge in [-0.05, 0) is 48.2 Å². The molecule has 3 aliphatic heterocycles. The highest BCUT2D eigenvalue weighted by Crippen LogP contribution is 2.23. The van der Waals surface area contributed by atoms with Crippen LogP contribution in [-0.2, 0) is 14.2 Å². The molecule has 2 aliphatic carbocycles. The van der Waals surface area contributed by atoms with Gasteiger partial charge in [-0.1, -0.05) is 148 Å². The molecular weight excluding hydrogens is 612 g/mol. The van der Waals surface area contributed by atoms with Crippen molar-refractivity contribution in [1.29, 1.82) is 0 Å². The third-order valence-electron chi connectivity index (χ3n) is 8.03. The Morgan fingerprint density at radius 2 is 0.653 bits per heavy atom. The summed E-state index contributed by atoms with van der Waals surface area (Å²) in [7, 11) is 0. The average molecular weight is 679 g/mol. The van der Waals surface area contributed by atoms with Crippen LogP contribution in [0.5, 0.6) is 17.2 Å². The lowest BCUT2D eigenvalue weighted by atomic mass is 10.2. The zero-order valence-corrected chi connectivity index (χ0v) is 31.4. The third-order valence-corrected chi connectivity index (χ3v) is 8.03. The summed E-state index contributed by atoms with van der Waals surface area (Å²) in [6.07, 6.45) is 12.9. The molecule has 0 radical (unpaired) electrons. The first-order valence-electron chi connectivity index (χ1n) is 19.0. The lowest BCUT2D eigenvalue weighted by Crippen LogP contribution is -2.03. The van der Waals surface area contributed by atoms with Gasteiger partial charge >= 0.3 is 0 Å². The quantitative estimate of drug-likeness (QED) is 0.210. The van der Waals surface area contributed by atoms with E-state index in [1.165, 1.54) is 51.4 Å². The van der Waals surface area contributed by atoms with Crippen molar-refractivity contribution in [3.05, 3.63) is 91.0 Å². The number of rotatable bonds is 9. The SMILES string of the molecule is CC.CC.CC1CCCC1.CC1CCCC1.c1ccc(OCC2CO2)cc1.c1ccc(OCC2CO2)cc1.c1ccc(OCC2CO2)cc1. The van der Waals surface area contributed by atoms with E-state index in [1.807, 2.05) is 119 Å². The maximum absolute atomic E-state index is 5.40. The van der Waals surface area contributed by atoms with Gasteiger partial charge in [0.05, 0.1) is 19.8 Å². The maximum atomic E-state index is 5.40. The normalized spacial score (nSPS) is 20.8. The van der Waals surface area contributed by atoms with Crippen LogP contribution in [0.4, 0.5) is 0 Å². The van der Waals surface area contributed by atoms with Crippen LogP contribution in [0.15, 0.2) is 91.0 Å². The minimum atomic E-state index is 0.343. The summed E-state index contributed by atoms with van der Waals surface area (Å²) < 4.78 is 31.2. The summed E-state index contributed by atoms with van der Waals surface area (Å²) in [5, 5.41) is 0. The molecule has 49 heavy (non-hydrogen) atoms. The van der Waals surface area contributed by atoms with Crippen LogP contribution < -0.4 is 14.2 Å². The first-order chi connectivity index (χ1) is 24.1. The van der Waals surface area contributed by atoms with Crippen LogP contribution in [0.2, 0.25) is 0 Å². The molecule has 8 rings (SSSR count). The van der Waals surface area contributed by atoms with Gasteiger partial charge in [0.2, 0.25) is 0 Å². The highest BCUT2D eigenvalue weighted by Gasteiger charge is 2.24. The van der Waals surface area contributed by atoms with Crippen molar-refractivity contribution in [2.24, 2.45) is 11.8 Å². The van der Waals surface area contributed by atoms with E-state index in [4.69, 9.17) is 28.4 Å². The molecule has 274 valence electrons. The van der Waals surface area contributed by atoms with Gasteiger partial charge in [0.25, 0.3) is 0 Å². The fraction of sp³-hybridized carbons (Fsp3) is 0.581. The minimum absolute atomic E-state index is 0.343. The maximum Gasteiger partial charge on any atom is 0.119 e. The largest absolute Gasteiger partial charge is 0.491 e. The monoisotopic (exact) mass is 678 g/mol. The van der Waals surface area contributed by atoms with Crippen molar-refractivity contribution in [2.75, 3.05) is 39.6 Å². The Morgan fingerprint density at radius 1 is 0.429 bits per heavy atom. The van der Waals surface area contributed by atoms with Gasteiger partial charge in [-0.3, -0.25) is 0 Å². The highest BCUT2D eigenvalue weighted by atomic mass is 16.6. The molecule has 0 amide bonds. The van der Waals surface area contributed by atoms with E-state index >= 15 is 0 Å². The van der Waals surface area contributed by atoms with Crippen LogP contribution >= 0.6 is 0 Å². The Bertz CT molecular complexity index is 968. The lowest BCUT2D eigenvalue weighted by molar-refractivity contribution is 0.263. The van der Waals surface area contributed by atoms with Gasteiger partial charge in [0.1, 0.15) is 55.4 Å². The molecule has 3 aromatic rings. The number of para-hydroxylation sites is 3.